The Labute approximate surface area is 172 Å². The minimum Gasteiger partial charge on any atom is -0.497 e. The molecule has 0 spiro atoms. The molecular formula is C23H30FN3O2. The Morgan fingerprint density at radius 3 is 2.31 bits per heavy atom. The number of hydrogen-bond acceptors (Lipinski definition) is 5. The van der Waals surface area contributed by atoms with E-state index < -0.39 is 5.82 Å². The van der Waals surface area contributed by atoms with Gasteiger partial charge in [-0.1, -0.05) is 12.1 Å². The topological polar surface area (TPSA) is 58.8 Å². The molecule has 0 atom stereocenters. The van der Waals surface area contributed by atoms with Gasteiger partial charge in [0.1, 0.15) is 11.6 Å². The molecule has 0 saturated carbocycles. The second-order valence-electron chi connectivity index (χ2n) is 7.54. The third-order valence-electron chi connectivity index (χ3n) is 5.53. The highest BCUT2D eigenvalue weighted by molar-refractivity contribution is 6.00. The Kier molecular flexibility index (Phi) is 7.61. The maximum absolute atomic E-state index is 13.1. The first-order chi connectivity index (χ1) is 14.0. The molecule has 2 N–H and O–H groups in total. The molecule has 0 radical (unpaired) electrons. The van der Waals surface area contributed by atoms with Gasteiger partial charge in [-0.2, -0.15) is 0 Å². The lowest BCUT2D eigenvalue weighted by atomic mass is 10.0. The summed E-state index contributed by atoms with van der Waals surface area (Å²) in [6.07, 6.45) is 2.27. The highest BCUT2D eigenvalue weighted by Crippen LogP contribution is 2.17. The summed E-state index contributed by atoms with van der Waals surface area (Å²) in [5, 5.41) is 0. The molecule has 0 bridgehead atoms. The number of Topliss-reactive ketones (excluding diaryl/α,β-unsaturated/α-hetero) is 1. The van der Waals surface area contributed by atoms with Gasteiger partial charge in [0.05, 0.1) is 7.11 Å². The van der Waals surface area contributed by atoms with Crippen LogP contribution < -0.4 is 10.5 Å². The average molecular weight is 400 g/mol. The minimum absolute atomic E-state index is 0.0133. The van der Waals surface area contributed by atoms with Crippen LogP contribution in [-0.2, 0) is 6.42 Å². The third-order valence-corrected chi connectivity index (χ3v) is 5.53. The number of nitrogens with zero attached hydrogens (tertiary/aromatic N) is 2. The molecule has 1 aliphatic heterocycles. The molecule has 0 unspecified atom stereocenters. The first kappa shape index (κ1) is 21.3. The monoisotopic (exact) mass is 399 g/mol. The zero-order chi connectivity index (χ0) is 20.6. The molecule has 1 aliphatic rings. The van der Waals surface area contributed by atoms with Crippen LogP contribution in [0.25, 0.3) is 0 Å². The van der Waals surface area contributed by atoms with Gasteiger partial charge >= 0.3 is 0 Å². The summed E-state index contributed by atoms with van der Waals surface area (Å²) >= 11 is 0. The molecule has 0 amide bonds. The van der Waals surface area contributed by atoms with Crippen molar-refractivity contribution < 1.29 is 13.9 Å². The van der Waals surface area contributed by atoms with Crippen LogP contribution in [0.3, 0.4) is 0 Å². The predicted molar refractivity (Wildman–Crippen MR) is 114 cm³/mol. The van der Waals surface area contributed by atoms with Crippen molar-refractivity contribution in [2.75, 3.05) is 52.1 Å². The van der Waals surface area contributed by atoms with Crippen molar-refractivity contribution in [3.8, 4) is 5.75 Å². The lowest BCUT2D eigenvalue weighted by molar-refractivity contribution is 0.0963. The van der Waals surface area contributed by atoms with Crippen molar-refractivity contribution in [2.24, 2.45) is 0 Å². The summed E-state index contributed by atoms with van der Waals surface area (Å²) in [5.74, 6) is 0.465. The molecule has 5 nitrogen and oxygen atoms in total. The summed E-state index contributed by atoms with van der Waals surface area (Å²) in [4.78, 5) is 17.2. The molecule has 156 valence electrons. The van der Waals surface area contributed by atoms with E-state index in [1.54, 1.807) is 7.11 Å². The number of hydrogen-bond donors (Lipinski definition) is 1. The minimum atomic E-state index is -0.413. The third kappa shape index (κ3) is 6.27. The van der Waals surface area contributed by atoms with E-state index in [1.807, 2.05) is 12.1 Å². The summed E-state index contributed by atoms with van der Waals surface area (Å²) in [6.45, 7) is 6.11. The smallest absolute Gasteiger partial charge is 0.164 e. The quantitative estimate of drug-likeness (QED) is 0.518. The largest absolute Gasteiger partial charge is 0.497 e. The van der Waals surface area contributed by atoms with Crippen LogP contribution in [0, 0.1) is 5.82 Å². The zero-order valence-electron chi connectivity index (χ0n) is 17.1. The number of piperazine rings is 1. The number of rotatable bonds is 9. The molecule has 1 fully saturated rings. The molecule has 2 aromatic carbocycles. The van der Waals surface area contributed by atoms with Gasteiger partial charge in [0, 0.05) is 50.4 Å². The van der Waals surface area contributed by atoms with Crippen LogP contribution in [0.2, 0.25) is 0 Å². The summed E-state index contributed by atoms with van der Waals surface area (Å²) in [7, 11) is 1.68. The Bertz CT molecular complexity index is 802. The van der Waals surface area contributed by atoms with Crippen LogP contribution in [-0.4, -0.2) is 62.0 Å². The maximum atomic E-state index is 13.1. The Balaban J connectivity index is 1.33. The highest BCUT2D eigenvalue weighted by atomic mass is 19.1. The van der Waals surface area contributed by atoms with Crippen LogP contribution in [0.1, 0.15) is 28.8 Å². The maximum Gasteiger partial charge on any atom is 0.164 e. The molecule has 0 aromatic heterocycles. The van der Waals surface area contributed by atoms with Gasteiger partial charge in [-0.15, -0.1) is 0 Å². The van der Waals surface area contributed by atoms with E-state index in [-0.39, 0.29) is 11.5 Å². The molecule has 2 aromatic rings. The van der Waals surface area contributed by atoms with Gasteiger partial charge in [-0.3, -0.25) is 4.79 Å². The van der Waals surface area contributed by atoms with Crippen LogP contribution in [0.15, 0.2) is 42.5 Å². The number of nitrogens with two attached hydrogens (primary N) is 1. The van der Waals surface area contributed by atoms with E-state index >= 15 is 0 Å². The summed E-state index contributed by atoms with van der Waals surface area (Å²) < 4.78 is 18.3. The lowest BCUT2D eigenvalue weighted by Crippen LogP contribution is -2.47. The molecule has 1 heterocycles. The van der Waals surface area contributed by atoms with Crippen molar-refractivity contribution in [2.45, 2.75) is 19.3 Å². The Morgan fingerprint density at radius 1 is 1.03 bits per heavy atom. The van der Waals surface area contributed by atoms with Crippen molar-refractivity contribution in [1.82, 2.24) is 9.80 Å². The van der Waals surface area contributed by atoms with Gasteiger partial charge < -0.3 is 20.3 Å². The molecule has 0 aliphatic carbocycles. The first-order valence-corrected chi connectivity index (χ1v) is 10.2. The van der Waals surface area contributed by atoms with E-state index in [0.29, 0.717) is 12.0 Å². The average Bonchev–Trinajstić information content (AvgIpc) is 2.73. The van der Waals surface area contributed by atoms with Crippen LogP contribution >= 0.6 is 0 Å². The number of carbonyl (C=O) groups is 1. The van der Waals surface area contributed by atoms with Gasteiger partial charge in [0.2, 0.25) is 0 Å². The van der Waals surface area contributed by atoms with E-state index in [4.69, 9.17) is 10.5 Å². The second kappa shape index (κ2) is 10.4. The number of ketones is 1. The Hall–Kier alpha value is -2.44. The van der Waals surface area contributed by atoms with Crippen molar-refractivity contribution in [3.05, 3.63) is 59.4 Å². The van der Waals surface area contributed by atoms with Crippen molar-refractivity contribution >= 4 is 11.5 Å². The number of methoxy groups -OCH3 is 1. The van der Waals surface area contributed by atoms with Gasteiger partial charge in [-0.25, -0.2) is 4.39 Å². The summed E-state index contributed by atoms with van der Waals surface area (Å²) in [5.41, 5.74) is 7.73. The fourth-order valence-electron chi connectivity index (χ4n) is 3.70. The number of halogens is 1. The molecule has 29 heavy (non-hydrogen) atoms. The number of benzene rings is 2. The predicted octanol–water partition coefficient (Wildman–Crippen LogP) is 3.24. The summed E-state index contributed by atoms with van der Waals surface area (Å²) in [6, 6.07) is 12.2. The van der Waals surface area contributed by atoms with Crippen LogP contribution in [0.5, 0.6) is 5.75 Å². The van der Waals surface area contributed by atoms with Crippen molar-refractivity contribution in [3.63, 3.8) is 0 Å². The van der Waals surface area contributed by atoms with Gasteiger partial charge in [0.15, 0.2) is 5.78 Å². The number of nitrogen functional groups attached to an aromatic ring is 1. The van der Waals surface area contributed by atoms with Crippen molar-refractivity contribution in [1.29, 1.82) is 0 Å². The normalized spacial score (nSPS) is 15.4. The van der Waals surface area contributed by atoms with E-state index in [0.717, 1.165) is 57.9 Å². The first-order valence-electron chi connectivity index (χ1n) is 10.2. The zero-order valence-corrected chi connectivity index (χ0v) is 17.1. The lowest BCUT2D eigenvalue weighted by Gasteiger charge is -2.34. The number of anilines is 1. The highest BCUT2D eigenvalue weighted by Gasteiger charge is 2.17. The molecular weight excluding hydrogens is 369 g/mol. The second-order valence-corrected chi connectivity index (χ2v) is 7.54. The Morgan fingerprint density at radius 2 is 1.69 bits per heavy atom. The number of carbonyl (C=O) groups excluding carboxylic acids is 1. The SMILES string of the molecule is COc1ccc(CCN2CCN(CCCC(=O)c3ccc(F)cc3N)CC2)cc1. The molecule has 6 heteroatoms. The van der Waals surface area contributed by atoms with Gasteiger partial charge in [0.25, 0.3) is 0 Å². The van der Waals surface area contributed by atoms with E-state index in [1.165, 1.54) is 23.8 Å². The molecule has 3 rings (SSSR count). The number of ether oxygens (including phenoxy) is 1. The fraction of sp³-hybridized carbons (Fsp3) is 0.435. The standard InChI is InChI=1S/C23H30FN3O2/c1-29-20-7-4-18(5-8-20)10-12-27-15-13-26(14-16-27)11-2-3-23(28)21-9-6-19(24)17-22(21)25/h4-9,17H,2-3,10-16,25H2,1H3. The van der Waals surface area contributed by atoms with Crippen LogP contribution in [0.4, 0.5) is 10.1 Å². The van der Waals surface area contributed by atoms with Gasteiger partial charge in [-0.05, 0) is 55.3 Å². The van der Waals surface area contributed by atoms with E-state index in [9.17, 15) is 9.18 Å². The fourth-order valence-corrected chi connectivity index (χ4v) is 3.70. The van der Waals surface area contributed by atoms with E-state index in [2.05, 4.69) is 21.9 Å². The molecule has 1 saturated heterocycles.